The quantitative estimate of drug-likeness (QED) is 0.582. The Labute approximate surface area is 157 Å². The van der Waals surface area contributed by atoms with E-state index >= 15 is 0 Å². The van der Waals surface area contributed by atoms with Gasteiger partial charge in [0, 0.05) is 12.3 Å². The van der Waals surface area contributed by atoms with Crippen LogP contribution in [0.15, 0.2) is 59.7 Å². The van der Waals surface area contributed by atoms with Gasteiger partial charge in [0.25, 0.3) is 5.56 Å². The fourth-order valence-electron chi connectivity index (χ4n) is 3.07. The van der Waals surface area contributed by atoms with Gasteiger partial charge in [-0.15, -0.1) is 0 Å². The van der Waals surface area contributed by atoms with Crippen molar-refractivity contribution in [3.8, 4) is 23.1 Å². The standard InChI is InChI=1S/C19H12N4O5/c24-17-13-3-1-2-4-14(13)21-19(22-9-11(8-20-22)18(25)26)23(17)12-5-6-15-16(7-12)28-10-27-15/h1-9H,10H2,(H,25,26). The number of aromatic nitrogens is 4. The summed E-state index contributed by atoms with van der Waals surface area (Å²) >= 11 is 0. The van der Waals surface area contributed by atoms with Crippen LogP contribution in [0.5, 0.6) is 11.5 Å². The molecule has 1 N–H and O–H groups in total. The molecule has 0 aliphatic carbocycles. The summed E-state index contributed by atoms with van der Waals surface area (Å²) in [5.41, 5.74) is 0.647. The van der Waals surface area contributed by atoms with Gasteiger partial charge in [-0.1, -0.05) is 12.1 Å². The highest BCUT2D eigenvalue weighted by Crippen LogP contribution is 2.33. The molecule has 0 unspecified atom stereocenters. The number of fused-ring (bicyclic) bond motifs is 2. The van der Waals surface area contributed by atoms with Crippen molar-refractivity contribution in [3.05, 3.63) is 70.8 Å². The molecule has 0 amide bonds. The van der Waals surface area contributed by atoms with Gasteiger partial charge in [0.2, 0.25) is 12.7 Å². The number of hydrogen-bond acceptors (Lipinski definition) is 6. The van der Waals surface area contributed by atoms with E-state index < -0.39 is 5.97 Å². The van der Waals surface area contributed by atoms with E-state index in [0.717, 1.165) is 0 Å². The molecule has 4 aromatic rings. The highest BCUT2D eigenvalue weighted by molar-refractivity contribution is 5.87. The van der Waals surface area contributed by atoms with Gasteiger partial charge >= 0.3 is 5.97 Å². The van der Waals surface area contributed by atoms with Crippen molar-refractivity contribution in [1.82, 2.24) is 19.3 Å². The lowest BCUT2D eigenvalue weighted by Crippen LogP contribution is -2.25. The molecule has 0 fully saturated rings. The zero-order valence-electron chi connectivity index (χ0n) is 14.3. The first kappa shape index (κ1) is 16.1. The molecular formula is C19H12N4O5. The number of para-hydroxylation sites is 1. The van der Waals surface area contributed by atoms with E-state index in [4.69, 9.17) is 9.47 Å². The van der Waals surface area contributed by atoms with Crippen LogP contribution in [0, 0.1) is 0 Å². The molecule has 3 heterocycles. The zero-order chi connectivity index (χ0) is 19.3. The van der Waals surface area contributed by atoms with E-state index in [1.165, 1.54) is 21.6 Å². The number of benzene rings is 2. The maximum Gasteiger partial charge on any atom is 0.338 e. The van der Waals surface area contributed by atoms with Crippen LogP contribution in [-0.4, -0.2) is 37.2 Å². The first-order valence-corrected chi connectivity index (χ1v) is 8.32. The van der Waals surface area contributed by atoms with Gasteiger partial charge < -0.3 is 14.6 Å². The van der Waals surface area contributed by atoms with Gasteiger partial charge in [0.15, 0.2) is 11.5 Å². The van der Waals surface area contributed by atoms with Gasteiger partial charge in [-0.05, 0) is 24.3 Å². The number of aromatic carboxylic acids is 1. The highest BCUT2D eigenvalue weighted by atomic mass is 16.7. The second-order valence-electron chi connectivity index (χ2n) is 6.09. The van der Waals surface area contributed by atoms with E-state index in [0.29, 0.717) is 28.1 Å². The largest absolute Gasteiger partial charge is 0.478 e. The number of carboxylic acids is 1. The Morgan fingerprint density at radius 3 is 2.75 bits per heavy atom. The summed E-state index contributed by atoms with van der Waals surface area (Å²) in [5, 5.41) is 13.7. The van der Waals surface area contributed by atoms with Crippen LogP contribution in [0.3, 0.4) is 0 Å². The third kappa shape index (κ3) is 2.41. The molecule has 0 radical (unpaired) electrons. The highest BCUT2D eigenvalue weighted by Gasteiger charge is 2.20. The molecule has 9 nitrogen and oxygen atoms in total. The summed E-state index contributed by atoms with van der Waals surface area (Å²) in [6.45, 7) is 0.109. The van der Waals surface area contributed by atoms with Gasteiger partial charge in [-0.3, -0.25) is 4.79 Å². The van der Waals surface area contributed by atoms with Crippen LogP contribution >= 0.6 is 0 Å². The molecule has 138 valence electrons. The van der Waals surface area contributed by atoms with Crippen molar-refractivity contribution in [1.29, 1.82) is 0 Å². The molecule has 2 aromatic carbocycles. The summed E-state index contributed by atoms with van der Waals surface area (Å²) in [5.74, 6) is 0.133. The predicted molar refractivity (Wildman–Crippen MR) is 97.5 cm³/mol. The van der Waals surface area contributed by atoms with Crippen LogP contribution in [-0.2, 0) is 0 Å². The van der Waals surface area contributed by atoms with E-state index in [1.54, 1.807) is 42.5 Å². The van der Waals surface area contributed by atoms with Crippen LogP contribution in [0.25, 0.3) is 22.5 Å². The Morgan fingerprint density at radius 1 is 1.11 bits per heavy atom. The van der Waals surface area contributed by atoms with Crippen molar-refractivity contribution in [2.75, 3.05) is 6.79 Å². The van der Waals surface area contributed by atoms with Crippen molar-refractivity contribution in [2.45, 2.75) is 0 Å². The zero-order valence-corrected chi connectivity index (χ0v) is 14.3. The smallest absolute Gasteiger partial charge is 0.338 e. The molecule has 0 saturated heterocycles. The number of nitrogens with zero attached hydrogens (tertiary/aromatic N) is 4. The lowest BCUT2D eigenvalue weighted by Gasteiger charge is -2.13. The number of ether oxygens (including phenoxy) is 2. The minimum Gasteiger partial charge on any atom is -0.478 e. The van der Waals surface area contributed by atoms with Crippen molar-refractivity contribution < 1.29 is 19.4 Å². The van der Waals surface area contributed by atoms with E-state index in [2.05, 4.69) is 10.1 Å². The van der Waals surface area contributed by atoms with Gasteiger partial charge in [-0.25, -0.2) is 19.0 Å². The normalized spacial score (nSPS) is 12.4. The molecule has 1 aliphatic heterocycles. The minimum atomic E-state index is -1.12. The molecule has 0 atom stereocenters. The molecule has 5 rings (SSSR count). The van der Waals surface area contributed by atoms with Crippen LogP contribution < -0.4 is 15.0 Å². The average Bonchev–Trinajstić information content (AvgIpc) is 3.37. The predicted octanol–water partition coefficient (Wildman–Crippen LogP) is 2.00. The lowest BCUT2D eigenvalue weighted by molar-refractivity contribution is 0.0697. The Hall–Kier alpha value is -4.14. The third-order valence-electron chi connectivity index (χ3n) is 4.41. The van der Waals surface area contributed by atoms with Gasteiger partial charge in [-0.2, -0.15) is 5.10 Å². The first-order valence-electron chi connectivity index (χ1n) is 8.32. The van der Waals surface area contributed by atoms with Crippen LogP contribution in [0.4, 0.5) is 0 Å². The maximum absolute atomic E-state index is 13.3. The maximum atomic E-state index is 13.3. The molecule has 0 bridgehead atoms. The first-order chi connectivity index (χ1) is 13.6. The average molecular weight is 376 g/mol. The monoisotopic (exact) mass is 376 g/mol. The molecule has 2 aromatic heterocycles. The second kappa shape index (κ2) is 5.95. The molecule has 0 saturated carbocycles. The summed E-state index contributed by atoms with van der Waals surface area (Å²) in [7, 11) is 0. The number of rotatable bonds is 3. The molecular weight excluding hydrogens is 364 g/mol. The summed E-state index contributed by atoms with van der Waals surface area (Å²) in [6.07, 6.45) is 2.51. The van der Waals surface area contributed by atoms with Crippen LogP contribution in [0.1, 0.15) is 10.4 Å². The van der Waals surface area contributed by atoms with Crippen LogP contribution in [0.2, 0.25) is 0 Å². The van der Waals surface area contributed by atoms with Crippen molar-refractivity contribution in [3.63, 3.8) is 0 Å². The number of carboxylic acid groups (broad SMARTS) is 1. The Balaban J connectivity index is 1.82. The topological polar surface area (TPSA) is 108 Å². The summed E-state index contributed by atoms with van der Waals surface area (Å²) in [4.78, 5) is 29.0. The minimum absolute atomic E-state index is 0.0142. The van der Waals surface area contributed by atoms with Gasteiger partial charge in [0.1, 0.15) is 0 Å². The van der Waals surface area contributed by atoms with Crippen molar-refractivity contribution in [2.24, 2.45) is 0 Å². The van der Waals surface area contributed by atoms with Gasteiger partial charge in [0.05, 0.1) is 28.4 Å². The third-order valence-corrected chi connectivity index (χ3v) is 4.41. The van der Waals surface area contributed by atoms with E-state index in [9.17, 15) is 14.7 Å². The summed E-state index contributed by atoms with van der Waals surface area (Å²) < 4.78 is 13.4. The lowest BCUT2D eigenvalue weighted by atomic mass is 10.2. The number of hydrogen-bond donors (Lipinski definition) is 1. The van der Waals surface area contributed by atoms with E-state index in [1.807, 2.05) is 0 Å². The Kier molecular flexibility index (Phi) is 3.41. The Morgan fingerprint density at radius 2 is 1.93 bits per heavy atom. The Bertz CT molecular complexity index is 1310. The van der Waals surface area contributed by atoms with E-state index in [-0.39, 0.29) is 23.9 Å². The second-order valence-corrected chi connectivity index (χ2v) is 6.09. The summed E-state index contributed by atoms with van der Waals surface area (Å²) in [6, 6.07) is 12.0. The fraction of sp³-hybridized carbons (Fsp3) is 0.0526. The number of carbonyl (C=O) groups is 1. The SMILES string of the molecule is O=C(O)c1cnn(-c2nc3ccccc3c(=O)n2-c2ccc3c(c2)OCO3)c1. The van der Waals surface area contributed by atoms with Crippen molar-refractivity contribution >= 4 is 16.9 Å². The molecule has 0 spiro atoms. The molecule has 28 heavy (non-hydrogen) atoms. The molecule has 1 aliphatic rings. The molecule has 9 heteroatoms. The fourth-order valence-corrected chi connectivity index (χ4v) is 3.07.